The van der Waals surface area contributed by atoms with Gasteiger partial charge in [-0.2, -0.15) is 0 Å². The largest absolute Gasteiger partial charge is 0.468 e. The van der Waals surface area contributed by atoms with Crippen LogP contribution in [-0.2, 0) is 19.6 Å². The average molecular weight is 277 g/mol. The Morgan fingerprint density at radius 2 is 2.10 bits per heavy atom. The summed E-state index contributed by atoms with van der Waals surface area (Å²) in [5, 5.41) is 7.43. The van der Waals surface area contributed by atoms with Gasteiger partial charge in [-0.1, -0.05) is 19.0 Å². The maximum absolute atomic E-state index is 5.35. The topological polar surface area (TPSA) is 54.4 Å². The third kappa shape index (κ3) is 4.83. The van der Waals surface area contributed by atoms with Crippen LogP contribution in [0.1, 0.15) is 31.1 Å². The molecule has 0 bridgehead atoms. The molecule has 5 heteroatoms. The van der Waals surface area contributed by atoms with E-state index in [4.69, 9.17) is 8.94 Å². The summed E-state index contributed by atoms with van der Waals surface area (Å²) in [6.45, 7) is 7.59. The van der Waals surface area contributed by atoms with E-state index in [-0.39, 0.29) is 0 Å². The Kier molecular flexibility index (Phi) is 5.38. The first-order valence-corrected chi connectivity index (χ1v) is 6.99. The van der Waals surface area contributed by atoms with Crippen molar-refractivity contribution in [1.29, 1.82) is 0 Å². The van der Waals surface area contributed by atoms with Crippen LogP contribution in [0.4, 0.5) is 0 Å². The molecule has 0 unspecified atom stereocenters. The van der Waals surface area contributed by atoms with Crippen molar-refractivity contribution in [3.8, 4) is 0 Å². The van der Waals surface area contributed by atoms with Crippen molar-refractivity contribution in [2.45, 2.75) is 33.5 Å². The van der Waals surface area contributed by atoms with Gasteiger partial charge < -0.3 is 14.3 Å². The fourth-order valence-electron chi connectivity index (χ4n) is 1.99. The van der Waals surface area contributed by atoms with Crippen LogP contribution in [0.3, 0.4) is 0 Å². The van der Waals surface area contributed by atoms with E-state index in [1.165, 1.54) is 0 Å². The molecule has 0 spiro atoms. The second kappa shape index (κ2) is 7.26. The Bertz CT molecular complexity index is 491. The van der Waals surface area contributed by atoms with E-state index >= 15 is 0 Å². The minimum Gasteiger partial charge on any atom is -0.468 e. The molecule has 2 heterocycles. The van der Waals surface area contributed by atoms with Gasteiger partial charge in [-0.25, -0.2) is 0 Å². The highest BCUT2D eigenvalue weighted by atomic mass is 16.5. The van der Waals surface area contributed by atoms with Gasteiger partial charge in [0.1, 0.15) is 5.76 Å². The minimum absolute atomic E-state index is 0.640. The standard InChI is InChI=1S/C15H23N3O2/c1-12(2)8-16-9-13-7-15(20-17-13)11-18(3)10-14-5-4-6-19-14/h4-7,12,16H,8-11H2,1-3H3. The number of rotatable bonds is 8. The quantitative estimate of drug-likeness (QED) is 0.804. The number of hydrogen-bond acceptors (Lipinski definition) is 5. The summed E-state index contributed by atoms with van der Waals surface area (Å²) >= 11 is 0. The van der Waals surface area contributed by atoms with Crippen LogP contribution in [0.5, 0.6) is 0 Å². The Hall–Kier alpha value is -1.59. The lowest BCUT2D eigenvalue weighted by molar-refractivity contribution is 0.248. The van der Waals surface area contributed by atoms with Gasteiger partial charge in [0.05, 0.1) is 25.0 Å². The zero-order valence-electron chi connectivity index (χ0n) is 12.4. The van der Waals surface area contributed by atoms with Crippen LogP contribution < -0.4 is 5.32 Å². The van der Waals surface area contributed by atoms with Crippen LogP contribution in [-0.4, -0.2) is 23.6 Å². The van der Waals surface area contributed by atoms with E-state index in [1.807, 2.05) is 25.2 Å². The van der Waals surface area contributed by atoms with E-state index in [0.717, 1.165) is 43.4 Å². The third-order valence-corrected chi connectivity index (χ3v) is 2.90. The number of hydrogen-bond donors (Lipinski definition) is 1. The fraction of sp³-hybridized carbons (Fsp3) is 0.533. The molecule has 0 aromatic carbocycles. The van der Waals surface area contributed by atoms with Crippen molar-refractivity contribution in [3.63, 3.8) is 0 Å². The second-order valence-corrected chi connectivity index (χ2v) is 5.56. The molecule has 2 aromatic rings. The molecule has 0 fully saturated rings. The van der Waals surface area contributed by atoms with Gasteiger partial charge in [-0.15, -0.1) is 0 Å². The van der Waals surface area contributed by atoms with Gasteiger partial charge in [0.25, 0.3) is 0 Å². The van der Waals surface area contributed by atoms with Gasteiger partial charge in [0, 0.05) is 12.6 Å². The summed E-state index contributed by atoms with van der Waals surface area (Å²) in [6.07, 6.45) is 1.69. The first-order chi connectivity index (χ1) is 9.63. The molecular weight excluding hydrogens is 254 g/mol. The first kappa shape index (κ1) is 14.8. The van der Waals surface area contributed by atoms with E-state index in [9.17, 15) is 0 Å². The van der Waals surface area contributed by atoms with E-state index in [2.05, 4.69) is 29.2 Å². The molecule has 0 aliphatic rings. The SMILES string of the molecule is CC(C)CNCc1cc(CN(C)Cc2ccco2)on1. The molecule has 0 saturated carbocycles. The highest BCUT2D eigenvalue weighted by Gasteiger charge is 2.09. The van der Waals surface area contributed by atoms with Crippen molar-refractivity contribution < 1.29 is 8.94 Å². The third-order valence-electron chi connectivity index (χ3n) is 2.90. The van der Waals surface area contributed by atoms with E-state index < -0.39 is 0 Å². The molecular formula is C15H23N3O2. The minimum atomic E-state index is 0.640. The van der Waals surface area contributed by atoms with Crippen molar-refractivity contribution in [2.24, 2.45) is 5.92 Å². The number of furan rings is 1. The van der Waals surface area contributed by atoms with Gasteiger partial charge in [0.2, 0.25) is 0 Å². The molecule has 5 nitrogen and oxygen atoms in total. The molecule has 2 rings (SSSR count). The Morgan fingerprint density at radius 3 is 2.80 bits per heavy atom. The van der Waals surface area contributed by atoms with Crippen LogP contribution in [0, 0.1) is 5.92 Å². The molecule has 0 saturated heterocycles. The molecule has 0 aliphatic carbocycles. The lowest BCUT2D eigenvalue weighted by atomic mass is 10.2. The zero-order chi connectivity index (χ0) is 14.4. The predicted octanol–water partition coefficient (Wildman–Crippen LogP) is 2.65. The predicted molar refractivity (Wildman–Crippen MR) is 76.9 cm³/mol. The Balaban J connectivity index is 1.77. The summed E-state index contributed by atoms with van der Waals surface area (Å²) in [6, 6.07) is 5.88. The molecule has 0 radical (unpaired) electrons. The summed E-state index contributed by atoms with van der Waals surface area (Å²) in [4.78, 5) is 2.13. The summed E-state index contributed by atoms with van der Waals surface area (Å²) < 4.78 is 10.7. The summed E-state index contributed by atoms with van der Waals surface area (Å²) in [7, 11) is 2.03. The van der Waals surface area contributed by atoms with Crippen LogP contribution in [0.2, 0.25) is 0 Å². The van der Waals surface area contributed by atoms with Gasteiger partial charge in [-0.05, 0) is 31.6 Å². The van der Waals surface area contributed by atoms with Crippen molar-refractivity contribution in [2.75, 3.05) is 13.6 Å². The molecule has 0 aliphatic heterocycles. The van der Waals surface area contributed by atoms with Gasteiger partial charge >= 0.3 is 0 Å². The highest BCUT2D eigenvalue weighted by molar-refractivity contribution is 5.05. The Labute approximate surface area is 119 Å². The van der Waals surface area contributed by atoms with Crippen LogP contribution in [0.15, 0.2) is 33.4 Å². The average Bonchev–Trinajstić information content (AvgIpc) is 3.01. The normalized spacial score (nSPS) is 11.7. The van der Waals surface area contributed by atoms with E-state index in [0.29, 0.717) is 5.92 Å². The zero-order valence-corrected chi connectivity index (χ0v) is 12.4. The number of nitrogens with one attached hydrogen (secondary N) is 1. The maximum Gasteiger partial charge on any atom is 0.151 e. The highest BCUT2D eigenvalue weighted by Crippen LogP contribution is 2.10. The molecule has 2 aromatic heterocycles. The second-order valence-electron chi connectivity index (χ2n) is 5.56. The monoisotopic (exact) mass is 277 g/mol. The van der Waals surface area contributed by atoms with Crippen molar-refractivity contribution in [3.05, 3.63) is 41.7 Å². The first-order valence-electron chi connectivity index (χ1n) is 6.99. The van der Waals surface area contributed by atoms with Gasteiger partial charge in [-0.3, -0.25) is 4.90 Å². The lowest BCUT2D eigenvalue weighted by Gasteiger charge is -2.12. The summed E-state index contributed by atoms with van der Waals surface area (Å²) in [5.41, 5.74) is 0.951. The Morgan fingerprint density at radius 1 is 1.30 bits per heavy atom. The lowest BCUT2D eigenvalue weighted by Crippen LogP contribution is -2.19. The van der Waals surface area contributed by atoms with E-state index in [1.54, 1.807) is 6.26 Å². The van der Waals surface area contributed by atoms with Gasteiger partial charge in [0.15, 0.2) is 5.76 Å². The number of nitrogens with zero attached hydrogens (tertiary/aromatic N) is 2. The van der Waals surface area contributed by atoms with Crippen molar-refractivity contribution in [1.82, 2.24) is 15.4 Å². The molecule has 1 N–H and O–H groups in total. The molecule has 20 heavy (non-hydrogen) atoms. The summed E-state index contributed by atoms with van der Waals surface area (Å²) in [5.74, 6) is 2.46. The smallest absolute Gasteiger partial charge is 0.151 e. The fourth-order valence-corrected chi connectivity index (χ4v) is 1.99. The molecule has 110 valence electrons. The maximum atomic E-state index is 5.35. The number of aromatic nitrogens is 1. The van der Waals surface area contributed by atoms with Crippen LogP contribution >= 0.6 is 0 Å². The molecule has 0 atom stereocenters. The molecule has 0 amide bonds. The van der Waals surface area contributed by atoms with Crippen molar-refractivity contribution >= 4 is 0 Å². The van der Waals surface area contributed by atoms with Crippen LogP contribution in [0.25, 0.3) is 0 Å².